The minimum absolute atomic E-state index is 0.0661. The molecule has 2 rings (SSSR count). The van der Waals surface area contributed by atoms with Crippen molar-refractivity contribution in [1.29, 1.82) is 0 Å². The van der Waals surface area contributed by atoms with Gasteiger partial charge in [-0.1, -0.05) is 6.92 Å². The molecule has 0 radical (unpaired) electrons. The Morgan fingerprint density at radius 1 is 1.41 bits per heavy atom. The Hall–Kier alpha value is -1.71. The number of methoxy groups -OCH3 is 1. The van der Waals surface area contributed by atoms with Gasteiger partial charge < -0.3 is 15.4 Å². The minimum atomic E-state index is -0.369. The van der Waals surface area contributed by atoms with E-state index < -0.39 is 0 Å². The molecular weight excluding hydrogens is 216 g/mol. The fourth-order valence-electron chi connectivity index (χ4n) is 1.83. The van der Waals surface area contributed by atoms with Gasteiger partial charge in [-0.2, -0.15) is 0 Å². The molecule has 4 nitrogen and oxygen atoms in total. The third-order valence-electron chi connectivity index (χ3n) is 3.47. The molecule has 1 aliphatic heterocycles. The van der Waals surface area contributed by atoms with E-state index in [-0.39, 0.29) is 11.3 Å². The lowest BCUT2D eigenvalue weighted by Crippen LogP contribution is -2.36. The highest BCUT2D eigenvalue weighted by Gasteiger charge is 2.33. The number of fused-ring (bicyclic) bond motifs is 1. The lowest BCUT2D eigenvalue weighted by Gasteiger charge is -2.23. The molecule has 1 aromatic rings. The fourth-order valence-corrected chi connectivity index (χ4v) is 1.83. The van der Waals surface area contributed by atoms with Crippen LogP contribution in [0.4, 0.5) is 11.4 Å². The average Bonchev–Trinajstić information content (AvgIpc) is 2.48. The molecule has 0 fully saturated rings. The van der Waals surface area contributed by atoms with E-state index in [1.807, 2.05) is 32.0 Å². The quantitative estimate of drug-likeness (QED) is 0.826. The van der Waals surface area contributed by atoms with Crippen molar-refractivity contribution in [3.8, 4) is 5.75 Å². The van der Waals surface area contributed by atoms with Gasteiger partial charge in [0.1, 0.15) is 5.75 Å². The van der Waals surface area contributed by atoms with E-state index in [2.05, 4.69) is 10.6 Å². The molecular formula is C13H18N2O2. The van der Waals surface area contributed by atoms with Crippen LogP contribution in [0.25, 0.3) is 0 Å². The van der Waals surface area contributed by atoms with Gasteiger partial charge in [0, 0.05) is 12.6 Å². The van der Waals surface area contributed by atoms with Crippen molar-refractivity contribution >= 4 is 17.3 Å². The number of nitrogens with one attached hydrogen (secondary N) is 2. The van der Waals surface area contributed by atoms with E-state index >= 15 is 0 Å². The summed E-state index contributed by atoms with van der Waals surface area (Å²) < 4.78 is 5.17. The van der Waals surface area contributed by atoms with Gasteiger partial charge in [-0.25, -0.2) is 0 Å². The lowest BCUT2D eigenvalue weighted by atomic mass is 9.86. The van der Waals surface area contributed by atoms with Crippen molar-refractivity contribution in [1.82, 2.24) is 0 Å². The SMILES string of the molecule is CCC1(C)CNc2cc(OC)ccc2NC1=O. The molecule has 0 aliphatic carbocycles. The zero-order chi connectivity index (χ0) is 12.5. The highest BCUT2D eigenvalue weighted by molar-refractivity contribution is 5.99. The largest absolute Gasteiger partial charge is 0.497 e. The van der Waals surface area contributed by atoms with Crippen molar-refractivity contribution in [3.05, 3.63) is 18.2 Å². The number of carbonyl (C=O) groups is 1. The average molecular weight is 234 g/mol. The fraction of sp³-hybridized carbons (Fsp3) is 0.462. The van der Waals surface area contributed by atoms with Crippen molar-refractivity contribution in [2.45, 2.75) is 20.3 Å². The Morgan fingerprint density at radius 3 is 2.82 bits per heavy atom. The van der Waals surface area contributed by atoms with Crippen LogP contribution in [0.5, 0.6) is 5.75 Å². The summed E-state index contributed by atoms with van der Waals surface area (Å²) in [6.07, 6.45) is 0.803. The molecule has 2 N–H and O–H groups in total. The summed E-state index contributed by atoms with van der Waals surface area (Å²) >= 11 is 0. The Balaban J connectivity index is 2.34. The molecule has 0 spiro atoms. The summed E-state index contributed by atoms with van der Waals surface area (Å²) in [7, 11) is 1.63. The van der Waals surface area contributed by atoms with Crippen LogP contribution >= 0.6 is 0 Å². The second kappa shape index (κ2) is 4.28. The van der Waals surface area contributed by atoms with E-state index in [0.29, 0.717) is 6.54 Å². The molecule has 0 saturated carbocycles. The van der Waals surface area contributed by atoms with Crippen LogP contribution in [0.15, 0.2) is 18.2 Å². The second-order valence-corrected chi connectivity index (χ2v) is 4.63. The number of amides is 1. The van der Waals surface area contributed by atoms with Gasteiger partial charge in [-0.15, -0.1) is 0 Å². The first-order chi connectivity index (χ1) is 8.09. The molecule has 0 aromatic heterocycles. The maximum Gasteiger partial charge on any atom is 0.232 e. The van der Waals surface area contributed by atoms with Crippen molar-refractivity contribution in [2.75, 3.05) is 24.3 Å². The summed E-state index contributed by atoms with van der Waals surface area (Å²) in [5.74, 6) is 0.849. The third kappa shape index (κ3) is 2.07. The first-order valence-corrected chi connectivity index (χ1v) is 5.82. The third-order valence-corrected chi connectivity index (χ3v) is 3.47. The number of anilines is 2. The van der Waals surface area contributed by atoms with Crippen LogP contribution in [0.3, 0.4) is 0 Å². The minimum Gasteiger partial charge on any atom is -0.497 e. The predicted molar refractivity (Wildman–Crippen MR) is 68.5 cm³/mol. The molecule has 0 saturated heterocycles. The first-order valence-electron chi connectivity index (χ1n) is 5.82. The van der Waals surface area contributed by atoms with Crippen LogP contribution < -0.4 is 15.4 Å². The number of benzene rings is 1. The van der Waals surface area contributed by atoms with E-state index in [4.69, 9.17) is 4.74 Å². The second-order valence-electron chi connectivity index (χ2n) is 4.63. The molecule has 4 heteroatoms. The van der Waals surface area contributed by atoms with Gasteiger partial charge in [0.15, 0.2) is 0 Å². The monoisotopic (exact) mass is 234 g/mol. The van der Waals surface area contributed by atoms with Crippen LogP contribution in [0.2, 0.25) is 0 Å². The van der Waals surface area contributed by atoms with Gasteiger partial charge in [-0.3, -0.25) is 4.79 Å². The molecule has 1 aromatic carbocycles. The van der Waals surface area contributed by atoms with Crippen molar-refractivity contribution < 1.29 is 9.53 Å². The Kier molecular flexibility index (Phi) is 2.96. The molecule has 1 heterocycles. The van der Waals surface area contributed by atoms with Crippen LogP contribution in [0.1, 0.15) is 20.3 Å². The summed E-state index contributed by atoms with van der Waals surface area (Å²) in [5, 5.41) is 6.27. The number of hydrogen-bond acceptors (Lipinski definition) is 3. The molecule has 1 aliphatic rings. The van der Waals surface area contributed by atoms with Gasteiger partial charge in [0.25, 0.3) is 0 Å². The van der Waals surface area contributed by atoms with E-state index in [9.17, 15) is 4.79 Å². The van der Waals surface area contributed by atoms with E-state index in [1.54, 1.807) is 7.11 Å². The number of hydrogen-bond donors (Lipinski definition) is 2. The Bertz CT molecular complexity index is 445. The zero-order valence-electron chi connectivity index (χ0n) is 10.5. The maximum atomic E-state index is 12.1. The maximum absolute atomic E-state index is 12.1. The number of carbonyl (C=O) groups excluding carboxylic acids is 1. The van der Waals surface area contributed by atoms with Gasteiger partial charge in [0.2, 0.25) is 5.91 Å². The topological polar surface area (TPSA) is 50.4 Å². The molecule has 1 atom stereocenters. The summed E-state index contributed by atoms with van der Waals surface area (Å²) in [6.45, 7) is 4.63. The summed E-state index contributed by atoms with van der Waals surface area (Å²) in [4.78, 5) is 12.1. The Morgan fingerprint density at radius 2 is 2.18 bits per heavy atom. The smallest absolute Gasteiger partial charge is 0.232 e. The molecule has 1 amide bonds. The first kappa shape index (κ1) is 11.8. The predicted octanol–water partition coefficient (Wildman–Crippen LogP) is 2.48. The van der Waals surface area contributed by atoms with Crippen molar-refractivity contribution in [3.63, 3.8) is 0 Å². The van der Waals surface area contributed by atoms with Crippen LogP contribution in [0, 0.1) is 5.41 Å². The molecule has 17 heavy (non-hydrogen) atoms. The normalized spacial score (nSPS) is 23.1. The Labute approximate surface area is 101 Å². The number of ether oxygens (including phenoxy) is 1. The summed E-state index contributed by atoms with van der Waals surface area (Å²) in [6, 6.07) is 5.60. The van der Waals surface area contributed by atoms with Crippen LogP contribution in [-0.4, -0.2) is 19.6 Å². The highest BCUT2D eigenvalue weighted by Crippen LogP contribution is 2.34. The standard InChI is InChI=1S/C13H18N2O2/c1-4-13(2)8-14-11-7-9(17-3)5-6-10(11)15-12(13)16/h5-7,14H,4,8H2,1-3H3,(H,15,16). The molecule has 1 unspecified atom stereocenters. The van der Waals surface area contributed by atoms with E-state index in [0.717, 1.165) is 23.5 Å². The highest BCUT2D eigenvalue weighted by atomic mass is 16.5. The van der Waals surface area contributed by atoms with Crippen LogP contribution in [-0.2, 0) is 4.79 Å². The van der Waals surface area contributed by atoms with Gasteiger partial charge >= 0.3 is 0 Å². The lowest BCUT2D eigenvalue weighted by molar-refractivity contribution is -0.124. The number of rotatable bonds is 2. The summed E-state index contributed by atoms with van der Waals surface area (Å²) in [5.41, 5.74) is 1.36. The molecule has 92 valence electrons. The van der Waals surface area contributed by atoms with E-state index in [1.165, 1.54) is 0 Å². The van der Waals surface area contributed by atoms with Gasteiger partial charge in [-0.05, 0) is 25.5 Å². The van der Waals surface area contributed by atoms with Crippen molar-refractivity contribution in [2.24, 2.45) is 5.41 Å². The van der Waals surface area contributed by atoms with Gasteiger partial charge in [0.05, 0.1) is 23.9 Å². The molecule has 0 bridgehead atoms. The zero-order valence-corrected chi connectivity index (χ0v) is 10.5.